The second kappa shape index (κ2) is 13.3. The molecule has 6 heteroatoms. The summed E-state index contributed by atoms with van der Waals surface area (Å²) >= 11 is 0. The zero-order chi connectivity index (χ0) is 26.1. The van der Waals surface area contributed by atoms with Gasteiger partial charge in [0, 0.05) is 12.0 Å². The molecule has 0 spiro atoms. The summed E-state index contributed by atoms with van der Waals surface area (Å²) in [6.07, 6.45) is 7.03. The topological polar surface area (TPSA) is 71.1 Å². The van der Waals surface area contributed by atoms with Gasteiger partial charge in [0.1, 0.15) is 17.2 Å². The summed E-state index contributed by atoms with van der Waals surface area (Å²) in [6, 6.07) is 7.79. The monoisotopic (exact) mass is 496 g/mol. The first-order valence-electron chi connectivity index (χ1n) is 13.2. The van der Waals surface area contributed by atoms with E-state index in [0.29, 0.717) is 30.9 Å². The van der Waals surface area contributed by atoms with Crippen LogP contribution in [0.5, 0.6) is 17.2 Å². The van der Waals surface area contributed by atoms with Gasteiger partial charge < -0.3 is 18.9 Å². The van der Waals surface area contributed by atoms with E-state index in [2.05, 4.69) is 26.0 Å². The van der Waals surface area contributed by atoms with Crippen molar-refractivity contribution in [3.05, 3.63) is 52.1 Å². The van der Waals surface area contributed by atoms with E-state index in [1.54, 1.807) is 20.1 Å². The SMILES string of the molecule is CCCc1c(OCCCOc2ccc3c(c2CCC)C(C(=O)OC)CCC3)ccc(C(C)=O)c1OC. The van der Waals surface area contributed by atoms with Crippen LogP contribution in [0, 0.1) is 0 Å². The van der Waals surface area contributed by atoms with E-state index in [1.807, 2.05) is 6.07 Å². The van der Waals surface area contributed by atoms with E-state index in [0.717, 1.165) is 73.1 Å². The molecule has 2 aromatic rings. The summed E-state index contributed by atoms with van der Waals surface area (Å²) in [5, 5.41) is 0. The molecule has 0 aromatic heterocycles. The maximum atomic E-state index is 12.5. The average Bonchev–Trinajstić information content (AvgIpc) is 2.89. The molecule has 1 atom stereocenters. The van der Waals surface area contributed by atoms with E-state index in [4.69, 9.17) is 18.9 Å². The Bertz CT molecular complexity index is 1060. The number of carbonyl (C=O) groups is 2. The van der Waals surface area contributed by atoms with Crippen molar-refractivity contribution in [3.63, 3.8) is 0 Å². The van der Waals surface area contributed by atoms with Crippen molar-refractivity contribution < 1.29 is 28.5 Å². The smallest absolute Gasteiger partial charge is 0.313 e. The van der Waals surface area contributed by atoms with Gasteiger partial charge in [0.15, 0.2) is 5.78 Å². The number of aryl methyl sites for hydroxylation is 1. The third kappa shape index (κ3) is 6.21. The van der Waals surface area contributed by atoms with Crippen LogP contribution < -0.4 is 14.2 Å². The third-order valence-electron chi connectivity index (χ3n) is 6.78. The number of hydrogen-bond acceptors (Lipinski definition) is 6. The number of methoxy groups -OCH3 is 2. The number of Topliss-reactive ketones (excluding diaryl/α,β-unsaturated/α-hetero) is 1. The molecule has 0 bridgehead atoms. The number of ether oxygens (including phenoxy) is 4. The minimum absolute atomic E-state index is 0.0217. The van der Waals surface area contributed by atoms with Gasteiger partial charge in [-0.2, -0.15) is 0 Å². The average molecular weight is 497 g/mol. The van der Waals surface area contributed by atoms with Crippen LogP contribution in [0.2, 0.25) is 0 Å². The van der Waals surface area contributed by atoms with Gasteiger partial charge >= 0.3 is 5.97 Å². The molecule has 0 fully saturated rings. The van der Waals surface area contributed by atoms with Crippen LogP contribution in [-0.4, -0.2) is 39.2 Å². The molecule has 0 saturated heterocycles. The fourth-order valence-corrected chi connectivity index (χ4v) is 5.17. The molecule has 0 radical (unpaired) electrons. The van der Waals surface area contributed by atoms with E-state index < -0.39 is 0 Å². The largest absolute Gasteiger partial charge is 0.496 e. The van der Waals surface area contributed by atoms with E-state index in [1.165, 1.54) is 12.7 Å². The predicted octanol–water partition coefficient (Wildman–Crippen LogP) is 6.24. The van der Waals surface area contributed by atoms with E-state index >= 15 is 0 Å². The van der Waals surface area contributed by atoms with Crippen molar-refractivity contribution in [2.75, 3.05) is 27.4 Å². The molecular formula is C30H40O6. The number of rotatable bonds is 13. The molecule has 1 aliphatic rings. The minimum Gasteiger partial charge on any atom is -0.496 e. The van der Waals surface area contributed by atoms with E-state index in [9.17, 15) is 9.59 Å². The molecule has 0 aliphatic heterocycles. The summed E-state index contributed by atoms with van der Waals surface area (Å²) in [6.45, 7) is 6.77. The molecule has 0 saturated carbocycles. The Labute approximate surface area is 215 Å². The van der Waals surface area contributed by atoms with Gasteiger partial charge in [-0.15, -0.1) is 0 Å². The highest BCUT2D eigenvalue weighted by atomic mass is 16.5. The Hall–Kier alpha value is -3.02. The Balaban J connectivity index is 1.69. The Morgan fingerprint density at radius 3 is 2.17 bits per heavy atom. The molecule has 1 aliphatic carbocycles. The van der Waals surface area contributed by atoms with Crippen molar-refractivity contribution in [1.82, 2.24) is 0 Å². The molecule has 0 N–H and O–H groups in total. The highest BCUT2D eigenvalue weighted by molar-refractivity contribution is 5.97. The molecule has 0 amide bonds. The number of hydrogen-bond donors (Lipinski definition) is 0. The Kier molecular flexibility index (Phi) is 10.2. The van der Waals surface area contributed by atoms with Crippen LogP contribution in [0.1, 0.15) is 91.4 Å². The molecule has 3 rings (SSSR count). The molecule has 2 aromatic carbocycles. The van der Waals surface area contributed by atoms with Crippen LogP contribution in [-0.2, 0) is 28.8 Å². The lowest BCUT2D eigenvalue weighted by Crippen LogP contribution is -2.22. The van der Waals surface area contributed by atoms with Gasteiger partial charge in [-0.1, -0.05) is 32.8 Å². The maximum Gasteiger partial charge on any atom is 0.313 e. The zero-order valence-corrected chi connectivity index (χ0v) is 22.4. The lowest BCUT2D eigenvalue weighted by atomic mass is 9.79. The molecule has 6 nitrogen and oxygen atoms in total. The Morgan fingerprint density at radius 1 is 0.917 bits per heavy atom. The van der Waals surface area contributed by atoms with Gasteiger partial charge in [-0.05, 0) is 73.9 Å². The number of fused-ring (bicyclic) bond motifs is 1. The zero-order valence-electron chi connectivity index (χ0n) is 22.4. The van der Waals surface area contributed by atoms with Crippen LogP contribution in [0.15, 0.2) is 24.3 Å². The number of ketones is 1. The number of carbonyl (C=O) groups excluding carboxylic acids is 2. The lowest BCUT2D eigenvalue weighted by Gasteiger charge is -2.28. The van der Waals surface area contributed by atoms with Gasteiger partial charge in [-0.3, -0.25) is 9.59 Å². The van der Waals surface area contributed by atoms with Crippen LogP contribution in [0.3, 0.4) is 0 Å². The summed E-state index contributed by atoms with van der Waals surface area (Å²) in [4.78, 5) is 24.5. The molecular weight excluding hydrogens is 456 g/mol. The molecule has 36 heavy (non-hydrogen) atoms. The maximum absolute atomic E-state index is 12.5. The normalized spacial score (nSPS) is 14.6. The standard InChI is InChI=1S/C30H40O6/c1-6-10-23-26(16-14-21-12-8-13-25(28(21)23)30(32)34-5)35-18-9-19-36-27-17-15-22(20(3)31)29(33-4)24(27)11-7-2/h14-17,25H,6-13,18-19H2,1-5H3. The fourth-order valence-electron chi connectivity index (χ4n) is 5.17. The van der Waals surface area contributed by atoms with Crippen molar-refractivity contribution in [2.45, 2.75) is 78.1 Å². The predicted molar refractivity (Wildman–Crippen MR) is 141 cm³/mol. The summed E-state index contributed by atoms with van der Waals surface area (Å²) in [5.74, 6) is 1.82. The summed E-state index contributed by atoms with van der Waals surface area (Å²) in [7, 11) is 3.06. The van der Waals surface area contributed by atoms with Gasteiger partial charge in [0.25, 0.3) is 0 Å². The quantitative estimate of drug-likeness (QED) is 0.186. The van der Waals surface area contributed by atoms with Gasteiger partial charge in [0.05, 0.1) is 38.9 Å². The van der Waals surface area contributed by atoms with Crippen LogP contribution in [0.25, 0.3) is 0 Å². The summed E-state index contributed by atoms with van der Waals surface area (Å²) in [5.41, 5.74) is 5.01. The first-order valence-corrected chi connectivity index (χ1v) is 13.2. The van der Waals surface area contributed by atoms with Crippen LogP contribution >= 0.6 is 0 Å². The summed E-state index contributed by atoms with van der Waals surface area (Å²) < 4.78 is 23.0. The highest BCUT2D eigenvalue weighted by Gasteiger charge is 2.31. The first-order chi connectivity index (χ1) is 17.5. The van der Waals surface area contributed by atoms with Crippen molar-refractivity contribution in [2.24, 2.45) is 0 Å². The number of esters is 1. The highest BCUT2D eigenvalue weighted by Crippen LogP contribution is 2.40. The van der Waals surface area contributed by atoms with Crippen molar-refractivity contribution in [3.8, 4) is 17.2 Å². The third-order valence-corrected chi connectivity index (χ3v) is 6.78. The van der Waals surface area contributed by atoms with E-state index in [-0.39, 0.29) is 17.7 Å². The second-order valence-corrected chi connectivity index (χ2v) is 9.31. The van der Waals surface area contributed by atoms with Gasteiger partial charge in [-0.25, -0.2) is 0 Å². The van der Waals surface area contributed by atoms with Crippen LogP contribution in [0.4, 0.5) is 0 Å². The fraction of sp³-hybridized carbons (Fsp3) is 0.533. The van der Waals surface area contributed by atoms with Crippen molar-refractivity contribution >= 4 is 11.8 Å². The lowest BCUT2D eigenvalue weighted by molar-refractivity contribution is -0.142. The molecule has 0 heterocycles. The molecule has 1 unspecified atom stereocenters. The molecule has 196 valence electrons. The van der Waals surface area contributed by atoms with Crippen molar-refractivity contribution in [1.29, 1.82) is 0 Å². The Morgan fingerprint density at radius 2 is 1.56 bits per heavy atom. The number of benzene rings is 2. The van der Waals surface area contributed by atoms with Gasteiger partial charge in [0.2, 0.25) is 0 Å². The second-order valence-electron chi connectivity index (χ2n) is 9.31. The first kappa shape index (κ1) is 27.6. The minimum atomic E-state index is -0.211.